The van der Waals surface area contributed by atoms with Gasteiger partial charge in [-0.05, 0) is 42.5 Å². The minimum atomic E-state index is -0.250. The fourth-order valence-corrected chi connectivity index (χ4v) is 3.83. The van der Waals surface area contributed by atoms with Crippen LogP contribution in [-0.2, 0) is 16.8 Å². The van der Waals surface area contributed by atoms with Crippen LogP contribution in [0.15, 0.2) is 24.3 Å². The molecule has 0 radical (unpaired) electrons. The van der Waals surface area contributed by atoms with E-state index in [0.717, 1.165) is 6.54 Å². The molecule has 3 rings (SSSR count). The SMILES string of the molecule is CC(C)(C)c1ccc(CN2CCN(CCN3CCCC3)CC2)cc1.O=CO. The van der Waals surface area contributed by atoms with E-state index >= 15 is 0 Å². The van der Waals surface area contributed by atoms with Crippen LogP contribution in [0.5, 0.6) is 0 Å². The Morgan fingerprint density at radius 3 is 1.78 bits per heavy atom. The summed E-state index contributed by atoms with van der Waals surface area (Å²) in [5.74, 6) is 0. The number of rotatable bonds is 5. The molecule has 2 aliphatic rings. The lowest BCUT2D eigenvalue weighted by Gasteiger charge is -2.35. The molecule has 2 aliphatic heterocycles. The van der Waals surface area contributed by atoms with Crippen LogP contribution >= 0.6 is 0 Å². The van der Waals surface area contributed by atoms with Gasteiger partial charge in [0.1, 0.15) is 0 Å². The van der Waals surface area contributed by atoms with Gasteiger partial charge in [-0.1, -0.05) is 45.0 Å². The van der Waals surface area contributed by atoms with Gasteiger partial charge >= 0.3 is 0 Å². The molecule has 2 heterocycles. The van der Waals surface area contributed by atoms with E-state index in [2.05, 4.69) is 59.7 Å². The molecule has 0 aliphatic carbocycles. The van der Waals surface area contributed by atoms with E-state index < -0.39 is 0 Å². The topological polar surface area (TPSA) is 47.0 Å². The zero-order valence-electron chi connectivity index (χ0n) is 17.4. The highest BCUT2D eigenvalue weighted by molar-refractivity contribution is 5.32. The van der Waals surface area contributed by atoms with Crippen LogP contribution in [0, 0.1) is 0 Å². The Morgan fingerprint density at radius 2 is 1.30 bits per heavy atom. The van der Waals surface area contributed by atoms with Crippen molar-refractivity contribution in [1.29, 1.82) is 0 Å². The van der Waals surface area contributed by atoms with Gasteiger partial charge in [-0.25, -0.2) is 0 Å². The predicted molar refractivity (Wildman–Crippen MR) is 111 cm³/mol. The summed E-state index contributed by atoms with van der Waals surface area (Å²) >= 11 is 0. The van der Waals surface area contributed by atoms with Crippen molar-refractivity contribution < 1.29 is 9.90 Å². The minimum absolute atomic E-state index is 0.250. The van der Waals surface area contributed by atoms with E-state index in [-0.39, 0.29) is 11.9 Å². The Bertz CT molecular complexity index is 540. The van der Waals surface area contributed by atoms with Crippen LogP contribution in [0.2, 0.25) is 0 Å². The molecule has 1 N–H and O–H groups in total. The average molecular weight is 376 g/mol. The van der Waals surface area contributed by atoms with E-state index in [9.17, 15) is 0 Å². The van der Waals surface area contributed by atoms with Crippen molar-refractivity contribution >= 4 is 6.47 Å². The number of piperazine rings is 1. The van der Waals surface area contributed by atoms with Crippen LogP contribution < -0.4 is 0 Å². The average Bonchev–Trinajstić information content (AvgIpc) is 3.15. The third kappa shape index (κ3) is 7.60. The molecule has 0 aromatic heterocycles. The van der Waals surface area contributed by atoms with Gasteiger partial charge in [0.05, 0.1) is 0 Å². The third-order valence-electron chi connectivity index (χ3n) is 5.62. The smallest absolute Gasteiger partial charge is 0.290 e. The summed E-state index contributed by atoms with van der Waals surface area (Å²) in [6, 6.07) is 9.25. The van der Waals surface area contributed by atoms with E-state index in [4.69, 9.17) is 9.90 Å². The van der Waals surface area contributed by atoms with Gasteiger partial charge in [0.2, 0.25) is 0 Å². The van der Waals surface area contributed by atoms with Gasteiger partial charge in [0, 0.05) is 45.8 Å². The monoisotopic (exact) mass is 375 g/mol. The fourth-order valence-electron chi connectivity index (χ4n) is 3.83. The molecule has 0 spiro atoms. The standard InChI is InChI=1S/C21H35N3.CH2O2/c1-21(2,3)20-8-6-19(7-9-20)18-24-16-14-23(15-17-24)13-12-22-10-4-5-11-22;2-1-3/h6-9H,4-5,10-18H2,1-3H3;1H,(H,2,3). The zero-order chi connectivity index (χ0) is 19.7. The van der Waals surface area contributed by atoms with Crippen LogP contribution in [0.4, 0.5) is 0 Å². The van der Waals surface area contributed by atoms with E-state index in [1.54, 1.807) is 0 Å². The molecule has 0 saturated carbocycles. The molecule has 1 aromatic carbocycles. The fraction of sp³-hybridized carbons (Fsp3) is 0.682. The van der Waals surface area contributed by atoms with Gasteiger partial charge in [0.25, 0.3) is 6.47 Å². The van der Waals surface area contributed by atoms with Crippen molar-refractivity contribution in [2.75, 3.05) is 52.4 Å². The van der Waals surface area contributed by atoms with E-state index in [1.165, 1.54) is 76.3 Å². The van der Waals surface area contributed by atoms with Crippen LogP contribution in [0.1, 0.15) is 44.7 Å². The van der Waals surface area contributed by atoms with E-state index in [0.29, 0.717) is 0 Å². The second kappa shape index (κ2) is 10.8. The first kappa shape index (κ1) is 21.9. The zero-order valence-corrected chi connectivity index (χ0v) is 17.4. The third-order valence-corrected chi connectivity index (χ3v) is 5.62. The Hall–Kier alpha value is -1.43. The first-order valence-corrected chi connectivity index (χ1v) is 10.3. The lowest BCUT2D eigenvalue weighted by molar-refractivity contribution is -0.122. The number of carboxylic acid groups (broad SMARTS) is 1. The highest BCUT2D eigenvalue weighted by Crippen LogP contribution is 2.22. The number of benzene rings is 1. The lowest BCUT2D eigenvalue weighted by Crippen LogP contribution is -2.47. The Morgan fingerprint density at radius 1 is 0.852 bits per heavy atom. The van der Waals surface area contributed by atoms with Gasteiger partial charge in [0.15, 0.2) is 0 Å². The number of carbonyl (C=O) groups is 1. The van der Waals surface area contributed by atoms with Crippen molar-refractivity contribution in [1.82, 2.24) is 14.7 Å². The summed E-state index contributed by atoms with van der Waals surface area (Å²) in [7, 11) is 0. The second-order valence-electron chi connectivity index (χ2n) is 8.72. The molecule has 2 fully saturated rings. The molecular weight excluding hydrogens is 338 g/mol. The van der Waals surface area contributed by atoms with Crippen LogP contribution in [0.3, 0.4) is 0 Å². The summed E-state index contributed by atoms with van der Waals surface area (Å²) in [4.78, 5) is 16.2. The van der Waals surface area contributed by atoms with Crippen molar-refractivity contribution in [2.24, 2.45) is 0 Å². The largest absolute Gasteiger partial charge is 0.483 e. The highest BCUT2D eigenvalue weighted by atomic mass is 16.3. The normalized spacial score (nSPS) is 19.5. The maximum atomic E-state index is 8.36. The van der Waals surface area contributed by atoms with Gasteiger partial charge < -0.3 is 10.0 Å². The molecule has 5 nitrogen and oxygen atoms in total. The number of nitrogens with zero attached hydrogens (tertiary/aromatic N) is 3. The number of likely N-dealkylation sites (tertiary alicyclic amines) is 1. The van der Waals surface area contributed by atoms with Gasteiger partial charge in [-0.2, -0.15) is 0 Å². The molecule has 1 aromatic rings. The quantitative estimate of drug-likeness (QED) is 0.802. The lowest BCUT2D eigenvalue weighted by atomic mass is 9.87. The Kier molecular flexibility index (Phi) is 8.74. The van der Waals surface area contributed by atoms with Gasteiger partial charge in [-0.15, -0.1) is 0 Å². The van der Waals surface area contributed by atoms with Crippen molar-refractivity contribution in [3.8, 4) is 0 Å². The first-order valence-electron chi connectivity index (χ1n) is 10.3. The molecule has 0 atom stereocenters. The number of hydrogen-bond acceptors (Lipinski definition) is 4. The maximum Gasteiger partial charge on any atom is 0.290 e. The minimum Gasteiger partial charge on any atom is -0.483 e. The first-order chi connectivity index (χ1) is 12.9. The summed E-state index contributed by atoms with van der Waals surface area (Å²) in [5.41, 5.74) is 3.13. The molecule has 152 valence electrons. The van der Waals surface area contributed by atoms with Crippen LogP contribution in [0.25, 0.3) is 0 Å². The molecule has 0 bridgehead atoms. The van der Waals surface area contributed by atoms with Crippen molar-refractivity contribution in [3.63, 3.8) is 0 Å². The Balaban J connectivity index is 0.000000817. The van der Waals surface area contributed by atoms with Crippen molar-refractivity contribution in [3.05, 3.63) is 35.4 Å². The Labute approximate surface area is 164 Å². The van der Waals surface area contributed by atoms with E-state index in [1.807, 2.05) is 0 Å². The summed E-state index contributed by atoms with van der Waals surface area (Å²) in [6.07, 6.45) is 2.81. The predicted octanol–water partition coefficient (Wildman–Crippen LogP) is 2.90. The van der Waals surface area contributed by atoms with Gasteiger partial charge in [-0.3, -0.25) is 14.6 Å². The molecule has 0 amide bonds. The molecule has 0 unspecified atom stereocenters. The second-order valence-corrected chi connectivity index (χ2v) is 8.72. The van der Waals surface area contributed by atoms with Crippen molar-refractivity contribution in [2.45, 2.75) is 45.6 Å². The summed E-state index contributed by atoms with van der Waals surface area (Å²) in [6.45, 7) is 17.8. The van der Waals surface area contributed by atoms with Crippen LogP contribution in [-0.4, -0.2) is 78.6 Å². The molecule has 5 heteroatoms. The maximum absolute atomic E-state index is 8.36. The summed E-state index contributed by atoms with van der Waals surface area (Å²) in [5, 5.41) is 6.89. The summed E-state index contributed by atoms with van der Waals surface area (Å²) < 4.78 is 0. The molecule has 27 heavy (non-hydrogen) atoms. The molecule has 2 saturated heterocycles. The molecular formula is C22H37N3O2. The number of hydrogen-bond donors (Lipinski definition) is 1. The highest BCUT2D eigenvalue weighted by Gasteiger charge is 2.19.